The number of aliphatic imine (C=N–C) groups is 1. The molecule has 0 unspecified atom stereocenters. The van der Waals surface area contributed by atoms with Gasteiger partial charge in [-0.05, 0) is 17.7 Å². The third-order valence-corrected chi connectivity index (χ3v) is 6.50. The third-order valence-electron chi connectivity index (χ3n) is 4.68. The van der Waals surface area contributed by atoms with Crippen molar-refractivity contribution < 1.29 is 12.9 Å². The summed E-state index contributed by atoms with van der Waals surface area (Å²) in [7, 11) is 2.22. The number of rotatable bonds is 6. The van der Waals surface area contributed by atoms with Gasteiger partial charge in [-0.2, -0.15) is 4.31 Å². The summed E-state index contributed by atoms with van der Waals surface area (Å²) in [4.78, 5) is 12.7. The van der Waals surface area contributed by atoms with E-state index in [1.807, 2.05) is 31.1 Å². The maximum atomic E-state index is 12.6. The molecule has 0 radical (unpaired) electrons. The van der Waals surface area contributed by atoms with E-state index in [9.17, 15) is 8.42 Å². The van der Waals surface area contributed by atoms with Gasteiger partial charge in [0.2, 0.25) is 10.0 Å². The van der Waals surface area contributed by atoms with Crippen molar-refractivity contribution in [1.29, 1.82) is 0 Å². The van der Waals surface area contributed by atoms with Crippen molar-refractivity contribution in [3.63, 3.8) is 0 Å². The first-order valence-electron chi connectivity index (χ1n) is 9.34. The van der Waals surface area contributed by atoms with Gasteiger partial charge in [0.1, 0.15) is 17.8 Å². The lowest BCUT2D eigenvalue weighted by Crippen LogP contribution is -2.53. The van der Waals surface area contributed by atoms with Crippen molar-refractivity contribution in [3.05, 3.63) is 41.9 Å². The SMILES string of the molecule is CN=C(NCc1ccnc(N(C)C)c1)N1CCN(S(=O)(=O)Cc2ccon2)CC1.I. The van der Waals surface area contributed by atoms with E-state index < -0.39 is 10.0 Å². The summed E-state index contributed by atoms with van der Waals surface area (Å²) in [6, 6.07) is 5.55. The summed E-state index contributed by atoms with van der Waals surface area (Å²) < 4.78 is 31.4. The van der Waals surface area contributed by atoms with E-state index in [0.717, 1.165) is 17.3 Å². The maximum Gasteiger partial charge on any atom is 0.220 e. The summed E-state index contributed by atoms with van der Waals surface area (Å²) in [5, 5.41) is 7.05. The largest absolute Gasteiger partial charge is 0.364 e. The van der Waals surface area contributed by atoms with Crippen LogP contribution in [0.4, 0.5) is 5.82 Å². The molecule has 12 heteroatoms. The standard InChI is InChI=1S/C18H27N7O3S.HI/c1-19-18(21-13-15-4-6-20-17(12-15)23(2)3)24-7-9-25(10-8-24)29(26,27)14-16-5-11-28-22-16;/h4-6,11-12H,7-10,13-14H2,1-3H3,(H,19,21);1H. The number of nitrogens with one attached hydrogen (secondary N) is 1. The Bertz CT molecular complexity index is 927. The lowest BCUT2D eigenvalue weighted by atomic mass is 10.2. The van der Waals surface area contributed by atoms with Gasteiger partial charge < -0.3 is 19.6 Å². The molecule has 0 aliphatic carbocycles. The molecule has 1 aliphatic rings. The molecule has 3 rings (SSSR count). The van der Waals surface area contributed by atoms with Crippen LogP contribution in [0.2, 0.25) is 0 Å². The molecule has 3 heterocycles. The van der Waals surface area contributed by atoms with Crippen LogP contribution < -0.4 is 10.2 Å². The first kappa shape index (κ1) is 24.3. The molecule has 0 atom stereocenters. The van der Waals surface area contributed by atoms with Gasteiger partial charge in [0.15, 0.2) is 5.96 Å². The minimum absolute atomic E-state index is 0. The van der Waals surface area contributed by atoms with Crippen molar-refractivity contribution in [2.75, 3.05) is 52.2 Å². The van der Waals surface area contributed by atoms with Crippen LogP contribution in [0.1, 0.15) is 11.3 Å². The molecular formula is C18H28IN7O3S. The van der Waals surface area contributed by atoms with Crippen molar-refractivity contribution in [2.45, 2.75) is 12.3 Å². The predicted molar refractivity (Wildman–Crippen MR) is 126 cm³/mol. The lowest BCUT2D eigenvalue weighted by Gasteiger charge is -2.35. The highest BCUT2D eigenvalue weighted by molar-refractivity contribution is 14.0. The van der Waals surface area contributed by atoms with Crippen molar-refractivity contribution in [3.8, 4) is 0 Å². The number of guanidine groups is 1. The number of aromatic nitrogens is 2. The topological polar surface area (TPSA) is 107 Å². The summed E-state index contributed by atoms with van der Waals surface area (Å²) in [5.74, 6) is 1.50. The lowest BCUT2D eigenvalue weighted by molar-refractivity contribution is 0.259. The normalized spacial score (nSPS) is 15.6. The third kappa shape index (κ3) is 6.28. The molecule has 1 aliphatic heterocycles. The number of hydrogen-bond acceptors (Lipinski definition) is 7. The van der Waals surface area contributed by atoms with Gasteiger partial charge in [0.25, 0.3) is 0 Å². The number of sulfonamides is 1. The second kappa shape index (κ2) is 10.9. The summed E-state index contributed by atoms with van der Waals surface area (Å²) in [6.07, 6.45) is 3.16. The molecule has 1 N–H and O–H groups in total. The average Bonchev–Trinajstić information content (AvgIpc) is 3.21. The highest BCUT2D eigenvalue weighted by Gasteiger charge is 2.28. The highest BCUT2D eigenvalue weighted by Crippen LogP contribution is 2.13. The molecule has 2 aromatic rings. The number of hydrogen-bond donors (Lipinski definition) is 1. The zero-order chi connectivity index (χ0) is 20.9. The van der Waals surface area contributed by atoms with Crippen LogP contribution >= 0.6 is 24.0 Å². The van der Waals surface area contributed by atoms with Gasteiger partial charge in [-0.25, -0.2) is 13.4 Å². The van der Waals surface area contributed by atoms with Crippen LogP contribution in [0.15, 0.2) is 40.2 Å². The van der Waals surface area contributed by atoms with Crippen molar-refractivity contribution in [2.24, 2.45) is 4.99 Å². The van der Waals surface area contributed by atoms with Crippen molar-refractivity contribution in [1.82, 2.24) is 24.7 Å². The van der Waals surface area contributed by atoms with Gasteiger partial charge in [0, 0.05) is 66.1 Å². The molecule has 30 heavy (non-hydrogen) atoms. The van der Waals surface area contributed by atoms with Crippen molar-refractivity contribution >= 4 is 45.8 Å². The van der Waals surface area contributed by atoms with Crippen LogP contribution in [-0.4, -0.2) is 81.0 Å². The fraction of sp³-hybridized carbons (Fsp3) is 0.500. The van der Waals surface area contributed by atoms with Crippen LogP contribution in [-0.2, 0) is 22.3 Å². The van der Waals surface area contributed by atoms with Gasteiger partial charge in [-0.1, -0.05) is 5.16 Å². The predicted octanol–water partition coefficient (Wildman–Crippen LogP) is 0.977. The summed E-state index contributed by atoms with van der Waals surface area (Å²) in [6.45, 7) is 2.55. The average molecular weight is 549 g/mol. The van der Waals surface area contributed by atoms with E-state index in [2.05, 4.69) is 25.3 Å². The van der Waals surface area contributed by atoms with E-state index in [1.54, 1.807) is 19.3 Å². The molecule has 0 bridgehead atoms. The molecule has 1 saturated heterocycles. The van der Waals surface area contributed by atoms with Crippen LogP contribution in [0, 0.1) is 0 Å². The molecule has 0 aromatic carbocycles. The second-order valence-electron chi connectivity index (χ2n) is 6.95. The molecule has 10 nitrogen and oxygen atoms in total. The monoisotopic (exact) mass is 549 g/mol. The molecule has 2 aromatic heterocycles. The Kier molecular flexibility index (Phi) is 8.85. The second-order valence-corrected chi connectivity index (χ2v) is 8.92. The van der Waals surface area contributed by atoms with E-state index in [0.29, 0.717) is 38.4 Å². The number of piperazine rings is 1. The van der Waals surface area contributed by atoms with Gasteiger partial charge in [-0.3, -0.25) is 4.99 Å². The first-order chi connectivity index (χ1) is 13.9. The Labute approximate surface area is 194 Å². The smallest absolute Gasteiger partial charge is 0.220 e. The Morgan fingerprint density at radius 2 is 2.00 bits per heavy atom. The Hall–Kier alpha value is -1.93. The summed E-state index contributed by atoms with van der Waals surface area (Å²) >= 11 is 0. The fourth-order valence-corrected chi connectivity index (χ4v) is 4.52. The molecule has 1 fully saturated rings. The number of halogens is 1. The minimum atomic E-state index is -3.42. The molecule has 0 amide bonds. The zero-order valence-corrected chi connectivity index (χ0v) is 20.5. The molecular weight excluding hydrogens is 521 g/mol. The first-order valence-corrected chi connectivity index (χ1v) is 10.9. The fourth-order valence-electron chi connectivity index (χ4n) is 3.10. The number of nitrogens with zero attached hydrogens (tertiary/aromatic N) is 6. The van der Waals surface area contributed by atoms with Crippen LogP contribution in [0.3, 0.4) is 0 Å². The van der Waals surface area contributed by atoms with Crippen LogP contribution in [0.5, 0.6) is 0 Å². The van der Waals surface area contributed by atoms with E-state index in [-0.39, 0.29) is 29.7 Å². The molecule has 0 saturated carbocycles. The van der Waals surface area contributed by atoms with E-state index in [4.69, 9.17) is 4.52 Å². The quantitative estimate of drug-likeness (QED) is 0.323. The minimum Gasteiger partial charge on any atom is -0.364 e. The number of anilines is 1. The van der Waals surface area contributed by atoms with E-state index >= 15 is 0 Å². The van der Waals surface area contributed by atoms with Gasteiger partial charge in [0.05, 0.1) is 5.69 Å². The Morgan fingerprint density at radius 1 is 1.27 bits per heavy atom. The highest BCUT2D eigenvalue weighted by atomic mass is 127. The van der Waals surface area contributed by atoms with Gasteiger partial charge in [-0.15, -0.1) is 24.0 Å². The Balaban J connectivity index is 0.00000320. The Morgan fingerprint density at radius 3 is 2.60 bits per heavy atom. The van der Waals surface area contributed by atoms with Crippen LogP contribution in [0.25, 0.3) is 0 Å². The zero-order valence-electron chi connectivity index (χ0n) is 17.4. The van der Waals surface area contributed by atoms with E-state index in [1.165, 1.54) is 10.6 Å². The summed E-state index contributed by atoms with van der Waals surface area (Å²) in [5.41, 5.74) is 1.51. The molecule has 0 spiro atoms. The van der Waals surface area contributed by atoms with Gasteiger partial charge >= 0.3 is 0 Å². The number of pyridine rings is 1. The maximum absolute atomic E-state index is 12.6. The molecule has 166 valence electrons.